The molecule has 2 aromatic rings. The standard InChI is InChI=1S/C14H11BrN4O2/c15-10-7-12(17-8-10)14(21)19-18-13(20)11-4-2-1-3-9(11)5-6-16/h1-4,7-8,17H,5H2,(H,18,20)(H,19,21). The van der Waals surface area contributed by atoms with Crippen molar-refractivity contribution in [1.82, 2.24) is 15.8 Å². The maximum absolute atomic E-state index is 12.0. The van der Waals surface area contributed by atoms with Crippen LogP contribution in [0.25, 0.3) is 0 Å². The minimum Gasteiger partial charge on any atom is -0.356 e. The van der Waals surface area contributed by atoms with Crippen LogP contribution in [0.2, 0.25) is 0 Å². The van der Waals surface area contributed by atoms with E-state index in [1.54, 1.807) is 36.5 Å². The number of hydrogen-bond donors (Lipinski definition) is 3. The monoisotopic (exact) mass is 346 g/mol. The molecule has 0 aliphatic heterocycles. The van der Waals surface area contributed by atoms with Crippen LogP contribution in [0, 0.1) is 11.3 Å². The minimum atomic E-state index is -0.472. The molecule has 0 fully saturated rings. The van der Waals surface area contributed by atoms with E-state index in [1.165, 1.54) is 0 Å². The molecule has 2 amide bonds. The van der Waals surface area contributed by atoms with Gasteiger partial charge < -0.3 is 4.98 Å². The van der Waals surface area contributed by atoms with Gasteiger partial charge >= 0.3 is 0 Å². The fourth-order valence-corrected chi connectivity index (χ4v) is 2.07. The Morgan fingerprint density at radius 3 is 2.62 bits per heavy atom. The highest BCUT2D eigenvalue weighted by Crippen LogP contribution is 2.10. The van der Waals surface area contributed by atoms with Crippen LogP contribution in [-0.4, -0.2) is 16.8 Å². The topological polar surface area (TPSA) is 97.8 Å². The summed E-state index contributed by atoms with van der Waals surface area (Å²) in [6, 6.07) is 10.3. The Bertz CT molecular complexity index is 718. The highest BCUT2D eigenvalue weighted by molar-refractivity contribution is 9.10. The van der Waals surface area contributed by atoms with Crippen molar-refractivity contribution in [2.24, 2.45) is 0 Å². The van der Waals surface area contributed by atoms with Crippen LogP contribution in [0.4, 0.5) is 0 Å². The third-order valence-corrected chi connectivity index (χ3v) is 3.17. The lowest BCUT2D eigenvalue weighted by atomic mass is 10.1. The number of hydrogen-bond acceptors (Lipinski definition) is 3. The van der Waals surface area contributed by atoms with Crippen molar-refractivity contribution in [2.75, 3.05) is 0 Å². The molecule has 2 rings (SSSR count). The summed E-state index contributed by atoms with van der Waals surface area (Å²) in [4.78, 5) is 26.5. The summed E-state index contributed by atoms with van der Waals surface area (Å²) in [6.07, 6.45) is 1.74. The number of hydrazine groups is 1. The van der Waals surface area contributed by atoms with Gasteiger partial charge in [0.2, 0.25) is 0 Å². The number of amides is 2. The van der Waals surface area contributed by atoms with Gasteiger partial charge in [-0.1, -0.05) is 18.2 Å². The molecule has 21 heavy (non-hydrogen) atoms. The minimum absolute atomic E-state index is 0.126. The maximum Gasteiger partial charge on any atom is 0.286 e. The number of carbonyl (C=O) groups excluding carboxylic acids is 2. The average molecular weight is 347 g/mol. The highest BCUT2D eigenvalue weighted by Gasteiger charge is 2.13. The highest BCUT2D eigenvalue weighted by atomic mass is 79.9. The first kappa shape index (κ1) is 14.8. The van der Waals surface area contributed by atoms with Gasteiger partial charge in [0.15, 0.2) is 0 Å². The number of rotatable bonds is 3. The Morgan fingerprint density at radius 2 is 1.95 bits per heavy atom. The second-order valence-corrected chi connectivity index (χ2v) is 5.05. The number of nitrogens with zero attached hydrogens (tertiary/aromatic N) is 1. The van der Waals surface area contributed by atoms with Crippen LogP contribution in [0.15, 0.2) is 41.0 Å². The molecule has 0 saturated heterocycles. The molecule has 0 aliphatic carbocycles. The number of aromatic nitrogens is 1. The molecule has 0 radical (unpaired) electrons. The van der Waals surface area contributed by atoms with Crippen molar-refractivity contribution in [3.8, 4) is 6.07 Å². The van der Waals surface area contributed by atoms with E-state index in [2.05, 4.69) is 31.8 Å². The average Bonchev–Trinajstić information content (AvgIpc) is 2.92. The van der Waals surface area contributed by atoms with E-state index in [0.717, 1.165) is 4.47 Å². The molecule has 1 aromatic carbocycles. The number of nitriles is 1. The van der Waals surface area contributed by atoms with Crippen LogP contribution in [0.1, 0.15) is 26.4 Å². The normalized spacial score (nSPS) is 9.71. The lowest BCUT2D eigenvalue weighted by molar-refractivity contribution is 0.0844. The van der Waals surface area contributed by atoms with Crippen LogP contribution in [0.3, 0.4) is 0 Å². The maximum atomic E-state index is 12.0. The van der Waals surface area contributed by atoms with Crippen LogP contribution in [-0.2, 0) is 6.42 Å². The van der Waals surface area contributed by atoms with E-state index in [9.17, 15) is 9.59 Å². The molecule has 6 nitrogen and oxygen atoms in total. The van der Waals surface area contributed by atoms with Gasteiger partial charge in [-0.15, -0.1) is 0 Å². The summed E-state index contributed by atoms with van der Waals surface area (Å²) in [5, 5.41) is 8.74. The summed E-state index contributed by atoms with van der Waals surface area (Å²) >= 11 is 3.21. The Kier molecular flexibility index (Phi) is 4.74. The zero-order valence-electron chi connectivity index (χ0n) is 10.8. The van der Waals surface area contributed by atoms with E-state index >= 15 is 0 Å². The molecule has 0 aliphatic rings. The zero-order chi connectivity index (χ0) is 15.2. The molecular formula is C14H11BrN4O2. The molecule has 0 spiro atoms. The van der Waals surface area contributed by atoms with Gasteiger partial charge in [0.1, 0.15) is 5.69 Å². The Hall–Kier alpha value is -2.59. The Balaban J connectivity index is 2.02. The summed E-state index contributed by atoms with van der Waals surface area (Å²) in [6.45, 7) is 0. The molecule has 106 valence electrons. The predicted molar refractivity (Wildman–Crippen MR) is 79.2 cm³/mol. The van der Waals surface area contributed by atoms with Gasteiger partial charge in [-0.05, 0) is 33.6 Å². The van der Waals surface area contributed by atoms with E-state index in [0.29, 0.717) is 16.8 Å². The first-order chi connectivity index (χ1) is 10.1. The van der Waals surface area contributed by atoms with E-state index < -0.39 is 11.8 Å². The van der Waals surface area contributed by atoms with E-state index in [4.69, 9.17) is 5.26 Å². The summed E-state index contributed by atoms with van der Waals surface area (Å²) in [7, 11) is 0. The fraction of sp³-hybridized carbons (Fsp3) is 0.0714. The Morgan fingerprint density at radius 1 is 1.24 bits per heavy atom. The van der Waals surface area contributed by atoms with Crippen LogP contribution < -0.4 is 10.9 Å². The molecule has 0 atom stereocenters. The van der Waals surface area contributed by atoms with Gasteiger partial charge in [-0.2, -0.15) is 5.26 Å². The molecule has 0 bridgehead atoms. The third kappa shape index (κ3) is 3.70. The van der Waals surface area contributed by atoms with Crippen molar-refractivity contribution in [1.29, 1.82) is 5.26 Å². The van der Waals surface area contributed by atoms with Crippen LogP contribution >= 0.6 is 15.9 Å². The van der Waals surface area contributed by atoms with Gasteiger partial charge in [0.05, 0.1) is 12.5 Å². The quantitative estimate of drug-likeness (QED) is 0.740. The molecule has 7 heteroatoms. The third-order valence-electron chi connectivity index (χ3n) is 2.71. The predicted octanol–water partition coefficient (Wildman–Crippen LogP) is 1.92. The molecule has 1 heterocycles. The fourth-order valence-electron chi connectivity index (χ4n) is 1.73. The van der Waals surface area contributed by atoms with Gasteiger partial charge in [0, 0.05) is 16.2 Å². The second-order valence-electron chi connectivity index (χ2n) is 4.13. The Labute approximate surface area is 129 Å². The number of H-pyrrole nitrogens is 1. The van der Waals surface area contributed by atoms with Gasteiger partial charge in [-0.3, -0.25) is 20.4 Å². The van der Waals surface area contributed by atoms with E-state index in [-0.39, 0.29) is 6.42 Å². The molecule has 0 unspecified atom stereocenters. The van der Waals surface area contributed by atoms with Crippen molar-refractivity contribution in [2.45, 2.75) is 6.42 Å². The first-order valence-electron chi connectivity index (χ1n) is 6.01. The van der Waals surface area contributed by atoms with Gasteiger partial charge in [-0.25, -0.2) is 0 Å². The molecule has 1 aromatic heterocycles. The lowest BCUT2D eigenvalue weighted by Gasteiger charge is -2.08. The SMILES string of the molecule is N#CCc1ccccc1C(=O)NNC(=O)c1cc(Br)c[nH]1. The van der Waals surface area contributed by atoms with Crippen molar-refractivity contribution in [3.63, 3.8) is 0 Å². The number of nitrogens with one attached hydrogen (secondary N) is 3. The van der Waals surface area contributed by atoms with Crippen molar-refractivity contribution in [3.05, 3.63) is 57.8 Å². The summed E-state index contributed by atoms with van der Waals surface area (Å²) < 4.78 is 0.735. The molecule has 3 N–H and O–H groups in total. The summed E-state index contributed by atoms with van der Waals surface area (Å²) in [5.41, 5.74) is 5.90. The summed E-state index contributed by atoms with van der Waals surface area (Å²) in [5.74, 6) is -0.938. The number of halogens is 1. The van der Waals surface area contributed by atoms with Gasteiger partial charge in [0.25, 0.3) is 11.8 Å². The lowest BCUT2D eigenvalue weighted by Crippen LogP contribution is -2.42. The number of aromatic amines is 1. The van der Waals surface area contributed by atoms with E-state index in [1.807, 2.05) is 6.07 Å². The second kappa shape index (κ2) is 6.72. The largest absolute Gasteiger partial charge is 0.356 e. The first-order valence-corrected chi connectivity index (χ1v) is 6.80. The molecular weight excluding hydrogens is 336 g/mol. The van der Waals surface area contributed by atoms with Crippen molar-refractivity contribution >= 4 is 27.7 Å². The number of benzene rings is 1. The van der Waals surface area contributed by atoms with Crippen LogP contribution in [0.5, 0.6) is 0 Å². The number of carbonyl (C=O) groups is 2. The zero-order valence-corrected chi connectivity index (χ0v) is 12.4. The van der Waals surface area contributed by atoms with Crippen molar-refractivity contribution < 1.29 is 9.59 Å². The molecule has 0 saturated carbocycles. The smallest absolute Gasteiger partial charge is 0.286 e.